The molecule has 2 rings (SSSR count). The fourth-order valence-electron chi connectivity index (χ4n) is 3.48. The van der Waals surface area contributed by atoms with Gasteiger partial charge < -0.3 is 15.4 Å². The molecule has 2 aliphatic rings. The highest BCUT2D eigenvalue weighted by Crippen LogP contribution is 2.23. The van der Waals surface area contributed by atoms with Crippen LogP contribution in [0.15, 0.2) is 0 Å². The van der Waals surface area contributed by atoms with E-state index in [-0.39, 0.29) is 0 Å². The predicted molar refractivity (Wildman–Crippen MR) is 75.6 cm³/mol. The number of rotatable bonds is 4. The van der Waals surface area contributed by atoms with Gasteiger partial charge in [-0.05, 0) is 44.6 Å². The zero-order valence-electron chi connectivity index (χ0n) is 11.9. The van der Waals surface area contributed by atoms with Crippen LogP contribution in [0.3, 0.4) is 0 Å². The van der Waals surface area contributed by atoms with Gasteiger partial charge in [-0.1, -0.05) is 19.3 Å². The Balaban J connectivity index is 1.72. The van der Waals surface area contributed by atoms with Gasteiger partial charge in [0.25, 0.3) is 0 Å². The molecule has 0 amide bonds. The lowest BCUT2D eigenvalue weighted by Gasteiger charge is -2.31. The molecule has 2 unspecified atom stereocenters. The molecule has 2 fully saturated rings. The molecule has 106 valence electrons. The molecule has 0 radical (unpaired) electrons. The van der Waals surface area contributed by atoms with E-state index in [0.717, 1.165) is 25.0 Å². The summed E-state index contributed by atoms with van der Waals surface area (Å²) in [6.45, 7) is 4.34. The predicted octanol–water partition coefficient (Wildman–Crippen LogP) is 2.25. The number of ether oxygens (including phenoxy) is 1. The van der Waals surface area contributed by atoms with Crippen molar-refractivity contribution < 1.29 is 4.74 Å². The summed E-state index contributed by atoms with van der Waals surface area (Å²) < 4.78 is 5.43. The van der Waals surface area contributed by atoms with Crippen molar-refractivity contribution >= 4 is 0 Å². The van der Waals surface area contributed by atoms with Crippen LogP contribution in [0.25, 0.3) is 0 Å². The van der Waals surface area contributed by atoms with Crippen LogP contribution in [0.2, 0.25) is 0 Å². The standard InChI is InChI=1S/C15H30N2O/c1-17(11-13-7-9-18-10-8-13)12-14-5-3-2-4-6-15(14)16/h13-15H,2-12,16H2,1H3. The van der Waals surface area contributed by atoms with Crippen molar-refractivity contribution in [1.82, 2.24) is 4.90 Å². The van der Waals surface area contributed by atoms with Crippen LogP contribution in [0, 0.1) is 11.8 Å². The second-order valence-electron chi connectivity index (χ2n) is 6.34. The van der Waals surface area contributed by atoms with E-state index in [9.17, 15) is 0 Å². The quantitative estimate of drug-likeness (QED) is 0.782. The zero-order valence-corrected chi connectivity index (χ0v) is 11.9. The Labute approximate surface area is 112 Å². The van der Waals surface area contributed by atoms with E-state index in [1.54, 1.807) is 0 Å². The normalized spacial score (nSPS) is 31.5. The molecule has 3 heteroatoms. The molecule has 0 aromatic carbocycles. The van der Waals surface area contributed by atoms with Gasteiger partial charge in [-0.3, -0.25) is 0 Å². The summed E-state index contributed by atoms with van der Waals surface area (Å²) in [4.78, 5) is 2.52. The van der Waals surface area contributed by atoms with Crippen LogP contribution in [0.4, 0.5) is 0 Å². The zero-order chi connectivity index (χ0) is 12.8. The summed E-state index contributed by atoms with van der Waals surface area (Å²) in [7, 11) is 2.27. The van der Waals surface area contributed by atoms with Gasteiger partial charge in [0, 0.05) is 32.3 Å². The van der Waals surface area contributed by atoms with Crippen molar-refractivity contribution in [2.24, 2.45) is 17.6 Å². The molecule has 1 heterocycles. The van der Waals surface area contributed by atoms with E-state index in [1.807, 2.05) is 0 Å². The van der Waals surface area contributed by atoms with Crippen LogP contribution in [-0.4, -0.2) is 44.3 Å². The molecular formula is C15H30N2O. The van der Waals surface area contributed by atoms with E-state index in [2.05, 4.69) is 11.9 Å². The van der Waals surface area contributed by atoms with Gasteiger partial charge in [-0.2, -0.15) is 0 Å². The van der Waals surface area contributed by atoms with Crippen LogP contribution >= 0.6 is 0 Å². The summed E-state index contributed by atoms with van der Waals surface area (Å²) in [5.74, 6) is 1.56. The van der Waals surface area contributed by atoms with Crippen molar-refractivity contribution in [3.63, 3.8) is 0 Å². The summed E-state index contributed by atoms with van der Waals surface area (Å²) >= 11 is 0. The number of nitrogens with zero attached hydrogens (tertiary/aromatic N) is 1. The molecule has 0 spiro atoms. The average Bonchev–Trinajstić information content (AvgIpc) is 2.56. The van der Waals surface area contributed by atoms with Crippen molar-refractivity contribution in [2.45, 2.75) is 51.0 Å². The smallest absolute Gasteiger partial charge is 0.0469 e. The van der Waals surface area contributed by atoms with E-state index in [4.69, 9.17) is 10.5 Å². The molecule has 1 saturated carbocycles. The summed E-state index contributed by atoms with van der Waals surface area (Å²) in [5.41, 5.74) is 6.31. The maximum absolute atomic E-state index is 6.31. The lowest BCUT2D eigenvalue weighted by Crippen LogP contribution is -2.39. The second kappa shape index (κ2) is 7.46. The Morgan fingerprint density at radius 3 is 2.50 bits per heavy atom. The van der Waals surface area contributed by atoms with Crippen molar-refractivity contribution in [1.29, 1.82) is 0 Å². The molecule has 18 heavy (non-hydrogen) atoms. The topological polar surface area (TPSA) is 38.5 Å². The van der Waals surface area contributed by atoms with Gasteiger partial charge in [0.05, 0.1) is 0 Å². The third-order valence-corrected chi connectivity index (χ3v) is 4.67. The molecule has 0 aromatic rings. The van der Waals surface area contributed by atoms with Crippen LogP contribution in [-0.2, 0) is 4.74 Å². The van der Waals surface area contributed by atoms with Crippen molar-refractivity contribution in [2.75, 3.05) is 33.4 Å². The van der Waals surface area contributed by atoms with Crippen LogP contribution < -0.4 is 5.73 Å². The van der Waals surface area contributed by atoms with Crippen LogP contribution in [0.5, 0.6) is 0 Å². The molecular weight excluding hydrogens is 224 g/mol. The lowest BCUT2D eigenvalue weighted by molar-refractivity contribution is 0.0533. The first-order valence-electron chi connectivity index (χ1n) is 7.77. The number of nitrogens with two attached hydrogens (primary N) is 1. The Hall–Kier alpha value is -0.120. The largest absolute Gasteiger partial charge is 0.381 e. The van der Waals surface area contributed by atoms with Gasteiger partial charge in [0.15, 0.2) is 0 Å². The lowest BCUT2D eigenvalue weighted by atomic mass is 9.94. The number of hydrogen-bond acceptors (Lipinski definition) is 3. The van der Waals surface area contributed by atoms with Gasteiger partial charge in [-0.15, -0.1) is 0 Å². The van der Waals surface area contributed by atoms with Gasteiger partial charge >= 0.3 is 0 Å². The molecule has 2 N–H and O–H groups in total. The third kappa shape index (κ3) is 4.52. The fraction of sp³-hybridized carbons (Fsp3) is 1.00. The second-order valence-corrected chi connectivity index (χ2v) is 6.34. The maximum atomic E-state index is 6.31. The Morgan fingerprint density at radius 1 is 1.00 bits per heavy atom. The highest BCUT2D eigenvalue weighted by atomic mass is 16.5. The summed E-state index contributed by atoms with van der Waals surface area (Å²) in [5, 5.41) is 0. The molecule has 0 bridgehead atoms. The number of hydrogen-bond donors (Lipinski definition) is 1. The minimum atomic E-state index is 0.435. The van der Waals surface area contributed by atoms with E-state index < -0.39 is 0 Å². The molecule has 0 aromatic heterocycles. The maximum Gasteiger partial charge on any atom is 0.0469 e. The minimum absolute atomic E-state index is 0.435. The Bertz CT molecular complexity index is 229. The highest BCUT2D eigenvalue weighted by molar-refractivity contribution is 4.79. The molecule has 1 aliphatic heterocycles. The molecule has 1 aliphatic carbocycles. The monoisotopic (exact) mass is 254 g/mol. The van der Waals surface area contributed by atoms with E-state index in [0.29, 0.717) is 6.04 Å². The minimum Gasteiger partial charge on any atom is -0.381 e. The first kappa shape index (κ1) is 14.3. The SMILES string of the molecule is CN(CC1CCOCC1)CC1CCCCCC1N. The van der Waals surface area contributed by atoms with Gasteiger partial charge in [-0.25, -0.2) is 0 Å². The first-order valence-corrected chi connectivity index (χ1v) is 7.77. The Kier molecular flexibility index (Phi) is 5.93. The fourth-order valence-corrected chi connectivity index (χ4v) is 3.48. The van der Waals surface area contributed by atoms with Gasteiger partial charge in [0.1, 0.15) is 0 Å². The van der Waals surface area contributed by atoms with E-state index >= 15 is 0 Å². The van der Waals surface area contributed by atoms with Gasteiger partial charge in [0.2, 0.25) is 0 Å². The van der Waals surface area contributed by atoms with Crippen molar-refractivity contribution in [3.8, 4) is 0 Å². The van der Waals surface area contributed by atoms with Crippen molar-refractivity contribution in [3.05, 3.63) is 0 Å². The molecule has 1 saturated heterocycles. The average molecular weight is 254 g/mol. The molecule has 3 nitrogen and oxygen atoms in total. The van der Waals surface area contributed by atoms with Crippen LogP contribution in [0.1, 0.15) is 44.9 Å². The summed E-state index contributed by atoms with van der Waals surface area (Å²) in [6.07, 6.45) is 9.13. The highest BCUT2D eigenvalue weighted by Gasteiger charge is 2.23. The molecule has 2 atom stereocenters. The first-order chi connectivity index (χ1) is 8.75. The summed E-state index contributed by atoms with van der Waals surface area (Å²) in [6, 6.07) is 0.435. The third-order valence-electron chi connectivity index (χ3n) is 4.67. The Morgan fingerprint density at radius 2 is 1.72 bits per heavy atom. The van der Waals surface area contributed by atoms with E-state index in [1.165, 1.54) is 58.0 Å².